The molecule has 5 heteroatoms. The summed E-state index contributed by atoms with van der Waals surface area (Å²) in [7, 11) is 2.05. The first kappa shape index (κ1) is 16.7. The van der Waals surface area contributed by atoms with E-state index >= 15 is 0 Å². The first-order valence-corrected chi connectivity index (χ1v) is 8.18. The van der Waals surface area contributed by atoms with E-state index in [1.807, 2.05) is 32.2 Å². The molecule has 0 bridgehead atoms. The van der Waals surface area contributed by atoms with Crippen LogP contribution in [0.3, 0.4) is 0 Å². The van der Waals surface area contributed by atoms with Gasteiger partial charge < -0.3 is 15.0 Å². The zero-order valence-corrected chi connectivity index (χ0v) is 14.0. The highest BCUT2D eigenvalue weighted by Gasteiger charge is 2.21. The highest BCUT2D eigenvalue weighted by Crippen LogP contribution is 2.28. The lowest BCUT2D eigenvalue weighted by Crippen LogP contribution is -2.40. The molecule has 0 radical (unpaired) electrons. The number of hydrogen-bond acceptors (Lipinski definition) is 3. The maximum atomic E-state index is 5.70. The maximum absolute atomic E-state index is 5.70. The summed E-state index contributed by atoms with van der Waals surface area (Å²) in [6, 6.07) is 6.04. The minimum Gasteiger partial charge on any atom is -0.379 e. The van der Waals surface area contributed by atoms with E-state index in [0.29, 0.717) is 6.54 Å². The predicted molar refractivity (Wildman–Crippen MR) is 90.0 cm³/mol. The summed E-state index contributed by atoms with van der Waals surface area (Å²) in [5.74, 6) is 1.72. The van der Waals surface area contributed by atoms with Crippen LogP contribution in [0.4, 0.5) is 0 Å². The SMILES string of the molecule is CCNC(=NCc1cccc(C)n1)N(C)CCOCC1CC1. The summed E-state index contributed by atoms with van der Waals surface area (Å²) in [6.45, 7) is 8.04. The number of aryl methyl sites for hydroxylation is 1. The molecule has 1 aromatic heterocycles. The largest absolute Gasteiger partial charge is 0.379 e. The summed E-state index contributed by atoms with van der Waals surface area (Å²) >= 11 is 0. The van der Waals surface area contributed by atoms with Crippen molar-refractivity contribution in [1.82, 2.24) is 15.2 Å². The van der Waals surface area contributed by atoms with E-state index in [0.717, 1.165) is 49.6 Å². The molecular weight excluding hydrogens is 276 g/mol. The van der Waals surface area contributed by atoms with Crippen molar-refractivity contribution in [2.45, 2.75) is 33.2 Å². The van der Waals surface area contributed by atoms with Gasteiger partial charge in [0.05, 0.1) is 18.8 Å². The van der Waals surface area contributed by atoms with Gasteiger partial charge >= 0.3 is 0 Å². The Bertz CT molecular complexity index is 485. The van der Waals surface area contributed by atoms with Gasteiger partial charge in [0.2, 0.25) is 0 Å². The second-order valence-electron chi connectivity index (χ2n) is 5.88. The third-order valence-electron chi connectivity index (χ3n) is 3.65. The molecule has 2 rings (SSSR count). The molecular formula is C17H28N4O. The molecule has 1 saturated carbocycles. The Morgan fingerprint density at radius 1 is 1.45 bits per heavy atom. The molecule has 0 unspecified atom stereocenters. The molecule has 0 spiro atoms. The van der Waals surface area contributed by atoms with Crippen molar-refractivity contribution in [1.29, 1.82) is 0 Å². The topological polar surface area (TPSA) is 49.8 Å². The van der Waals surface area contributed by atoms with Crippen molar-refractivity contribution in [2.24, 2.45) is 10.9 Å². The molecule has 5 nitrogen and oxygen atoms in total. The number of hydrogen-bond donors (Lipinski definition) is 1. The van der Waals surface area contributed by atoms with Gasteiger partial charge in [0, 0.05) is 32.4 Å². The Kier molecular flexibility index (Phi) is 6.65. The number of aromatic nitrogens is 1. The Hall–Kier alpha value is -1.62. The van der Waals surface area contributed by atoms with Crippen molar-refractivity contribution < 1.29 is 4.74 Å². The number of pyridine rings is 1. The smallest absolute Gasteiger partial charge is 0.194 e. The summed E-state index contributed by atoms with van der Waals surface area (Å²) in [4.78, 5) is 11.3. The highest BCUT2D eigenvalue weighted by atomic mass is 16.5. The quantitative estimate of drug-likeness (QED) is 0.454. The first-order valence-electron chi connectivity index (χ1n) is 8.18. The predicted octanol–water partition coefficient (Wildman–Crippen LogP) is 2.21. The van der Waals surface area contributed by atoms with Crippen LogP contribution in [0, 0.1) is 12.8 Å². The van der Waals surface area contributed by atoms with E-state index in [1.54, 1.807) is 0 Å². The van der Waals surface area contributed by atoms with Crippen molar-refractivity contribution in [3.05, 3.63) is 29.6 Å². The van der Waals surface area contributed by atoms with Crippen LogP contribution in [-0.4, -0.2) is 49.2 Å². The Morgan fingerprint density at radius 2 is 2.27 bits per heavy atom. The third kappa shape index (κ3) is 6.02. The van der Waals surface area contributed by atoms with E-state index in [2.05, 4.69) is 27.1 Å². The van der Waals surface area contributed by atoms with Crippen molar-refractivity contribution in [3.63, 3.8) is 0 Å². The Labute approximate surface area is 133 Å². The molecule has 0 amide bonds. The lowest BCUT2D eigenvalue weighted by molar-refractivity contribution is 0.115. The molecule has 0 aromatic carbocycles. The summed E-state index contributed by atoms with van der Waals surface area (Å²) < 4.78 is 5.70. The summed E-state index contributed by atoms with van der Waals surface area (Å²) in [6.07, 6.45) is 2.67. The molecule has 0 aliphatic heterocycles. The second-order valence-corrected chi connectivity index (χ2v) is 5.88. The van der Waals surface area contributed by atoms with Crippen LogP contribution < -0.4 is 5.32 Å². The van der Waals surface area contributed by atoms with Crippen LogP contribution in [-0.2, 0) is 11.3 Å². The highest BCUT2D eigenvalue weighted by molar-refractivity contribution is 5.79. The van der Waals surface area contributed by atoms with Gasteiger partial charge in [0.25, 0.3) is 0 Å². The summed E-state index contributed by atoms with van der Waals surface area (Å²) in [5.41, 5.74) is 2.02. The van der Waals surface area contributed by atoms with E-state index in [-0.39, 0.29) is 0 Å². The maximum Gasteiger partial charge on any atom is 0.194 e. The van der Waals surface area contributed by atoms with E-state index < -0.39 is 0 Å². The van der Waals surface area contributed by atoms with Gasteiger partial charge in [-0.1, -0.05) is 6.07 Å². The minimum atomic E-state index is 0.595. The average molecular weight is 304 g/mol. The fourth-order valence-corrected chi connectivity index (χ4v) is 2.16. The number of aliphatic imine (C=N–C) groups is 1. The monoisotopic (exact) mass is 304 g/mol. The summed E-state index contributed by atoms with van der Waals surface area (Å²) in [5, 5.41) is 3.32. The molecule has 1 heterocycles. The molecule has 1 aromatic rings. The number of likely N-dealkylation sites (N-methyl/N-ethyl adjacent to an activating group) is 1. The van der Waals surface area contributed by atoms with Crippen LogP contribution in [0.25, 0.3) is 0 Å². The van der Waals surface area contributed by atoms with E-state index in [1.165, 1.54) is 12.8 Å². The van der Waals surface area contributed by atoms with Crippen molar-refractivity contribution in [3.8, 4) is 0 Å². The third-order valence-corrected chi connectivity index (χ3v) is 3.65. The van der Waals surface area contributed by atoms with Gasteiger partial charge in [-0.2, -0.15) is 0 Å². The Morgan fingerprint density at radius 3 is 2.95 bits per heavy atom. The molecule has 1 aliphatic carbocycles. The fourth-order valence-electron chi connectivity index (χ4n) is 2.16. The number of guanidine groups is 1. The molecule has 0 saturated heterocycles. The van der Waals surface area contributed by atoms with Crippen molar-refractivity contribution >= 4 is 5.96 Å². The number of nitrogens with zero attached hydrogens (tertiary/aromatic N) is 3. The lowest BCUT2D eigenvalue weighted by Gasteiger charge is -2.22. The minimum absolute atomic E-state index is 0.595. The number of rotatable bonds is 8. The van der Waals surface area contributed by atoms with Gasteiger partial charge in [-0.3, -0.25) is 4.98 Å². The molecule has 122 valence electrons. The molecule has 1 aliphatic rings. The molecule has 1 fully saturated rings. The number of ether oxygens (including phenoxy) is 1. The van der Waals surface area contributed by atoms with Crippen LogP contribution in [0.5, 0.6) is 0 Å². The molecule has 1 N–H and O–H groups in total. The van der Waals surface area contributed by atoms with Crippen LogP contribution in [0.1, 0.15) is 31.2 Å². The lowest BCUT2D eigenvalue weighted by atomic mass is 10.3. The molecule has 22 heavy (non-hydrogen) atoms. The van der Waals surface area contributed by atoms with Crippen LogP contribution in [0.2, 0.25) is 0 Å². The normalized spacial score (nSPS) is 15.0. The molecule has 0 atom stereocenters. The Balaban J connectivity index is 1.81. The van der Waals surface area contributed by atoms with Crippen molar-refractivity contribution in [2.75, 3.05) is 33.4 Å². The van der Waals surface area contributed by atoms with Gasteiger partial charge in [-0.25, -0.2) is 4.99 Å². The van der Waals surface area contributed by atoms with Gasteiger partial charge in [-0.15, -0.1) is 0 Å². The van der Waals surface area contributed by atoms with Gasteiger partial charge in [-0.05, 0) is 44.7 Å². The van der Waals surface area contributed by atoms with E-state index in [9.17, 15) is 0 Å². The standard InChI is InChI=1S/C17H28N4O/c1-4-18-17(19-12-16-7-5-6-14(2)20-16)21(3)10-11-22-13-15-8-9-15/h5-7,15H,4,8-13H2,1-3H3,(H,18,19). The zero-order valence-electron chi connectivity index (χ0n) is 14.0. The van der Waals surface area contributed by atoms with Crippen LogP contribution in [0.15, 0.2) is 23.2 Å². The van der Waals surface area contributed by atoms with Gasteiger partial charge in [0.15, 0.2) is 5.96 Å². The first-order chi connectivity index (χ1) is 10.7. The average Bonchev–Trinajstić information content (AvgIpc) is 3.32. The van der Waals surface area contributed by atoms with E-state index in [4.69, 9.17) is 4.74 Å². The number of nitrogens with one attached hydrogen (secondary N) is 1. The fraction of sp³-hybridized carbons (Fsp3) is 0.647. The van der Waals surface area contributed by atoms with Crippen LogP contribution >= 0.6 is 0 Å². The second kappa shape index (κ2) is 8.73. The zero-order chi connectivity index (χ0) is 15.8. The van der Waals surface area contributed by atoms with Gasteiger partial charge in [0.1, 0.15) is 0 Å².